The summed E-state index contributed by atoms with van der Waals surface area (Å²) in [5.41, 5.74) is 3.57. The van der Waals surface area contributed by atoms with Crippen molar-refractivity contribution in [3.63, 3.8) is 0 Å². The lowest BCUT2D eigenvalue weighted by Crippen LogP contribution is -2.08. The lowest BCUT2D eigenvalue weighted by Gasteiger charge is -2.12. The average molecular weight is 362 g/mol. The molecule has 0 aliphatic heterocycles. The van der Waals surface area contributed by atoms with E-state index in [4.69, 9.17) is 4.74 Å². The third-order valence-corrected chi connectivity index (χ3v) is 4.35. The molecule has 3 rings (SSSR count). The van der Waals surface area contributed by atoms with Crippen molar-refractivity contribution >= 4 is 17.3 Å². The fourth-order valence-electron chi connectivity index (χ4n) is 2.97. The van der Waals surface area contributed by atoms with E-state index >= 15 is 0 Å². The molecule has 0 saturated heterocycles. The highest BCUT2D eigenvalue weighted by atomic mass is 16.5. The highest BCUT2D eigenvalue weighted by molar-refractivity contribution is 5.62. The molecule has 0 bridgehead atoms. The van der Waals surface area contributed by atoms with Gasteiger partial charge in [0, 0.05) is 18.3 Å². The van der Waals surface area contributed by atoms with E-state index in [2.05, 4.69) is 57.9 Å². The molecule has 1 heterocycles. The van der Waals surface area contributed by atoms with Crippen molar-refractivity contribution in [2.45, 2.75) is 26.7 Å². The Labute approximate surface area is 160 Å². The second-order valence-electron chi connectivity index (χ2n) is 6.35. The van der Waals surface area contributed by atoms with Gasteiger partial charge in [0.15, 0.2) is 0 Å². The number of anilines is 3. The highest BCUT2D eigenvalue weighted by Crippen LogP contribution is 2.21. The van der Waals surface area contributed by atoms with Crippen molar-refractivity contribution in [2.75, 3.05) is 24.3 Å². The molecule has 0 unspecified atom stereocenters. The van der Waals surface area contributed by atoms with Crippen LogP contribution in [0.2, 0.25) is 0 Å². The number of nitrogens with one attached hydrogen (secondary N) is 2. The van der Waals surface area contributed by atoms with Gasteiger partial charge in [-0.05, 0) is 49.1 Å². The molecule has 1 aromatic heterocycles. The monoisotopic (exact) mass is 362 g/mol. The summed E-state index contributed by atoms with van der Waals surface area (Å²) in [6.45, 7) is 4.84. The number of methoxy groups -OCH3 is 1. The largest absolute Gasteiger partial charge is 0.497 e. The van der Waals surface area contributed by atoms with E-state index in [1.165, 1.54) is 11.1 Å². The minimum atomic E-state index is 0.734. The number of para-hydroxylation sites is 1. The van der Waals surface area contributed by atoms with Crippen LogP contribution >= 0.6 is 0 Å². The molecule has 3 aromatic rings. The summed E-state index contributed by atoms with van der Waals surface area (Å²) < 4.78 is 5.28. The molecule has 0 amide bonds. The Hall–Kier alpha value is -3.08. The molecular weight excluding hydrogens is 336 g/mol. The van der Waals surface area contributed by atoms with Gasteiger partial charge in [-0.1, -0.05) is 37.3 Å². The van der Waals surface area contributed by atoms with Gasteiger partial charge in [-0.15, -0.1) is 0 Å². The van der Waals surface area contributed by atoms with Crippen molar-refractivity contribution in [2.24, 2.45) is 0 Å². The van der Waals surface area contributed by atoms with Crippen molar-refractivity contribution in [3.05, 3.63) is 71.5 Å². The van der Waals surface area contributed by atoms with E-state index in [1.807, 2.05) is 31.2 Å². The topological polar surface area (TPSA) is 59.1 Å². The van der Waals surface area contributed by atoms with Gasteiger partial charge in [0.2, 0.25) is 0 Å². The predicted molar refractivity (Wildman–Crippen MR) is 111 cm³/mol. The lowest BCUT2D eigenvalue weighted by atomic mass is 10.1. The molecule has 0 spiro atoms. The zero-order chi connectivity index (χ0) is 19.1. The number of aromatic nitrogens is 2. The van der Waals surface area contributed by atoms with Crippen molar-refractivity contribution < 1.29 is 4.74 Å². The van der Waals surface area contributed by atoms with E-state index in [-0.39, 0.29) is 0 Å². The molecule has 2 aromatic carbocycles. The van der Waals surface area contributed by atoms with Crippen LogP contribution in [0, 0.1) is 6.92 Å². The molecule has 5 nitrogen and oxygen atoms in total. The van der Waals surface area contributed by atoms with Crippen molar-refractivity contribution in [1.29, 1.82) is 0 Å². The van der Waals surface area contributed by atoms with Crippen LogP contribution in [0.25, 0.3) is 0 Å². The van der Waals surface area contributed by atoms with Crippen LogP contribution < -0.4 is 15.4 Å². The number of rotatable bonds is 8. The van der Waals surface area contributed by atoms with Crippen LogP contribution in [0.3, 0.4) is 0 Å². The number of hydrogen-bond donors (Lipinski definition) is 2. The SMILES string of the molecule is CCc1ccccc1Nc1cc(NCCc2cccc(OC)c2)nc(C)n1. The second-order valence-corrected chi connectivity index (χ2v) is 6.35. The van der Waals surface area contributed by atoms with Gasteiger partial charge in [0.1, 0.15) is 23.2 Å². The maximum atomic E-state index is 5.28. The Balaban J connectivity index is 1.66. The van der Waals surface area contributed by atoms with Gasteiger partial charge in [-0.3, -0.25) is 0 Å². The number of benzene rings is 2. The van der Waals surface area contributed by atoms with Gasteiger partial charge in [0.05, 0.1) is 7.11 Å². The van der Waals surface area contributed by atoms with Gasteiger partial charge < -0.3 is 15.4 Å². The maximum Gasteiger partial charge on any atom is 0.136 e. The van der Waals surface area contributed by atoms with Crippen molar-refractivity contribution in [3.8, 4) is 5.75 Å². The quantitative estimate of drug-likeness (QED) is 0.605. The molecular formula is C22H26N4O. The van der Waals surface area contributed by atoms with Gasteiger partial charge in [0.25, 0.3) is 0 Å². The smallest absolute Gasteiger partial charge is 0.136 e. The predicted octanol–water partition coefficient (Wildman–Crippen LogP) is 4.75. The molecule has 0 atom stereocenters. The molecule has 27 heavy (non-hydrogen) atoms. The minimum absolute atomic E-state index is 0.734. The fourth-order valence-corrected chi connectivity index (χ4v) is 2.97. The Morgan fingerprint density at radius 3 is 2.59 bits per heavy atom. The molecule has 0 aliphatic carbocycles. The minimum Gasteiger partial charge on any atom is -0.497 e. The normalized spacial score (nSPS) is 10.5. The zero-order valence-corrected chi connectivity index (χ0v) is 16.1. The number of hydrogen-bond acceptors (Lipinski definition) is 5. The molecule has 140 valence electrons. The summed E-state index contributed by atoms with van der Waals surface area (Å²) in [6, 6.07) is 18.4. The number of nitrogens with zero attached hydrogens (tertiary/aromatic N) is 2. The molecule has 0 radical (unpaired) electrons. The Morgan fingerprint density at radius 2 is 1.78 bits per heavy atom. The van der Waals surface area contributed by atoms with E-state index in [0.29, 0.717) is 0 Å². The first-order valence-corrected chi connectivity index (χ1v) is 9.25. The summed E-state index contributed by atoms with van der Waals surface area (Å²) in [4.78, 5) is 9.01. The second kappa shape index (κ2) is 9.03. The van der Waals surface area contributed by atoms with Crippen LogP contribution in [0.5, 0.6) is 5.75 Å². The zero-order valence-electron chi connectivity index (χ0n) is 16.1. The fraction of sp³-hybridized carbons (Fsp3) is 0.273. The third-order valence-electron chi connectivity index (χ3n) is 4.35. The van der Waals surface area contributed by atoms with Crippen LogP contribution in [-0.4, -0.2) is 23.6 Å². The van der Waals surface area contributed by atoms with Crippen molar-refractivity contribution in [1.82, 2.24) is 9.97 Å². The molecule has 5 heteroatoms. The van der Waals surface area contributed by atoms with Gasteiger partial charge in [-0.2, -0.15) is 0 Å². The molecule has 2 N–H and O–H groups in total. The van der Waals surface area contributed by atoms with E-state index in [1.54, 1.807) is 7.11 Å². The van der Waals surface area contributed by atoms with Crippen LogP contribution in [0.4, 0.5) is 17.3 Å². The van der Waals surface area contributed by atoms with Gasteiger partial charge >= 0.3 is 0 Å². The summed E-state index contributed by atoms with van der Waals surface area (Å²) in [5, 5.41) is 6.81. The highest BCUT2D eigenvalue weighted by Gasteiger charge is 2.05. The van der Waals surface area contributed by atoms with E-state index < -0.39 is 0 Å². The van der Waals surface area contributed by atoms with E-state index in [9.17, 15) is 0 Å². The summed E-state index contributed by atoms with van der Waals surface area (Å²) in [7, 11) is 1.69. The summed E-state index contributed by atoms with van der Waals surface area (Å²) in [6.07, 6.45) is 1.86. The Bertz CT molecular complexity index is 895. The standard InChI is InChI=1S/C22H26N4O/c1-4-18-9-5-6-11-20(18)26-22-15-21(24-16(2)25-22)23-13-12-17-8-7-10-19(14-17)27-3/h5-11,14-15H,4,12-13H2,1-3H3,(H2,23,24,25,26). The third kappa shape index (κ3) is 5.20. The molecule has 0 aliphatic rings. The first-order chi connectivity index (χ1) is 13.2. The number of ether oxygens (including phenoxy) is 1. The van der Waals surface area contributed by atoms with Gasteiger partial charge in [-0.25, -0.2) is 9.97 Å². The Morgan fingerprint density at radius 1 is 0.963 bits per heavy atom. The maximum absolute atomic E-state index is 5.28. The molecule has 0 saturated carbocycles. The summed E-state index contributed by atoms with van der Waals surface area (Å²) in [5.74, 6) is 3.23. The lowest BCUT2D eigenvalue weighted by molar-refractivity contribution is 0.414. The first-order valence-electron chi connectivity index (χ1n) is 9.25. The van der Waals surface area contributed by atoms with E-state index in [0.717, 1.165) is 48.3 Å². The average Bonchev–Trinajstić information content (AvgIpc) is 2.68. The summed E-state index contributed by atoms with van der Waals surface area (Å²) >= 11 is 0. The molecule has 0 fully saturated rings. The Kier molecular flexibility index (Phi) is 6.26. The van der Waals surface area contributed by atoms with Crippen LogP contribution in [0.15, 0.2) is 54.6 Å². The number of aryl methyl sites for hydroxylation is 2. The first kappa shape index (κ1) is 18.7. The van der Waals surface area contributed by atoms with Crippen LogP contribution in [0.1, 0.15) is 23.9 Å². The van der Waals surface area contributed by atoms with Crippen LogP contribution in [-0.2, 0) is 12.8 Å².